The smallest absolute Gasteiger partial charge is 0.419 e. The number of aromatic nitrogens is 1. The number of likely N-dealkylation sites (tertiary alicyclic amines) is 1. The van der Waals surface area contributed by atoms with Gasteiger partial charge in [-0.05, 0) is 44.0 Å². The van der Waals surface area contributed by atoms with Crippen LogP contribution in [0.3, 0.4) is 0 Å². The quantitative estimate of drug-likeness (QED) is 0.751. The van der Waals surface area contributed by atoms with E-state index < -0.39 is 17.6 Å². The van der Waals surface area contributed by atoms with Crippen molar-refractivity contribution in [2.75, 3.05) is 20.1 Å². The fourth-order valence-electron chi connectivity index (χ4n) is 3.23. The summed E-state index contributed by atoms with van der Waals surface area (Å²) < 4.78 is 51.1. The third-order valence-corrected chi connectivity index (χ3v) is 5.10. The second-order valence-electron chi connectivity index (χ2n) is 7.88. The third-order valence-electron chi connectivity index (χ3n) is 5.10. The number of carbonyl (C=O) groups is 1. The van der Waals surface area contributed by atoms with Crippen LogP contribution in [0, 0.1) is 0 Å². The van der Waals surface area contributed by atoms with Crippen LogP contribution < -0.4 is 10.1 Å². The molecule has 1 amide bonds. The Labute approximate surface area is 173 Å². The molecule has 0 radical (unpaired) electrons. The standard InChI is InChI=1S/C21H26F3N3O3/c1-13(2)18-11-16(30-26-18)12-25-20(28)14-4-5-17(21(22,23)24)19(10-14)29-15-6-8-27(3)9-7-15/h4-5,10-11,13,15H,6-9,12H2,1-3H3,(H,25,28). The van der Waals surface area contributed by atoms with Gasteiger partial charge < -0.3 is 19.5 Å². The normalized spacial score (nSPS) is 16.1. The Morgan fingerprint density at radius 2 is 2.00 bits per heavy atom. The lowest BCUT2D eigenvalue weighted by atomic mass is 10.1. The summed E-state index contributed by atoms with van der Waals surface area (Å²) in [4.78, 5) is 14.6. The molecule has 1 aromatic carbocycles. The molecule has 0 aliphatic carbocycles. The summed E-state index contributed by atoms with van der Waals surface area (Å²) in [5.41, 5.74) is -0.0214. The third kappa shape index (κ3) is 5.53. The first kappa shape index (κ1) is 22.1. The first-order chi connectivity index (χ1) is 14.1. The van der Waals surface area contributed by atoms with Crippen molar-refractivity contribution in [2.45, 2.75) is 51.4 Å². The van der Waals surface area contributed by atoms with Gasteiger partial charge in [0.15, 0.2) is 5.76 Å². The molecule has 6 nitrogen and oxygen atoms in total. The molecule has 1 aromatic heterocycles. The topological polar surface area (TPSA) is 67.6 Å². The summed E-state index contributed by atoms with van der Waals surface area (Å²) >= 11 is 0. The SMILES string of the molecule is CC(C)c1cc(CNC(=O)c2ccc(C(F)(F)F)c(OC3CCN(C)CC3)c2)on1. The van der Waals surface area contributed by atoms with Gasteiger partial charge >= 0.3 is 6.18 Å². The number of nitrogens with zero attached hydrogens (tertiary/aromatic N) is 2. The summed E-state index contributed by atoms with van der Waals surface area (Å²) in [5.74, 6) is -0.167. The van der Waals surface area contributed by atoms with Gasteiger partial charge in [0.05, 0.1) is 17.8 Å². The number of rotatable bonds is 6. The van der Waals surface area contributed by atoms with Gasteiger partial charge in [0.2, 0.25) is 0 Å². The van der Waals surface area contributed by atoms with Gasteiger partial charge in [-0.25, -0.2) is 0 Å². The largest absolute Gasteiger partial charge is 0.490 e. The minimum atomic E-state index is -4.57. The first-order valence-electron chi connectivity index (χ1n) is 9.93. The number of nitrogens with one attached hydrogen (secondary N) is 1. The minimum absolute atomic E-state index is 0.0880. The molecule has 1 fully saturated rings. The zero-order valence-corrected chi connectivity index (χ0v) is 17.3. The van der Waals surface area contributed by atoms with Crippen molar-refractivity contribution in [2.24, 2.45) is 0 Å². The number of benzene rings is 1. The van der Waals surface area contributed by atoms with E-state index in [1.54, 1.807) is 6.07 Å². The molecule has 1 aliphatic heterocycles. The molecular formula is C21H26F3N3O3. The van der Waals surface area contributed by atoms with Crippen LogP contribution in [0.5, 0.6) is 5.75 Å². The van der Waals surface area contributed by atoms with Crippen molar-refractivity contribution >= 4 is 5.91 Å². The molecule has 1 N–H and O–H groups in total. The van der Waals surface area contributed by atoms with E-state index in [1.165, 1.54) is 0 Å². The van der Waals surface area contributed by atoms with Crippen LogP contribution in [-0.4, -0.2) is 42.2 Å². The van der Waals surface area contributed by atoms with Crippen molar-refractivity contribution in [3.63, 3.8) is 0 Å². The number of hydrogen-bond acceptors (Lipinski definition) is 5. The zero-order valence-electron chi connectivity index (χ0n) is 17.3. The maximum absolute atomic E-state index is 13.4. The van der Waals surface area contributed by atoms with Gasteiger partial charge in [-0.1, -0.05) is 19.0 Å². The van der Waals surface area contributed by atoms with Gasteiger partial charge in [-0.15, -0.1) is 0 Å². The highest BCUT2D eigenvalue weighted by Crippen LogP contribution is 2.37. The molecule has 2 aromatic rings. The van der Waals surface area contributed by atoms with E-state index in [-0.39, 0.29) is 29.9 Å². The fourth-order valence-corrected chi connectivity index (χ4v) is 3.23. The molecule has 0 unspecified atom stereocenters. The Balaban J connectivity index is 1.73. The summed E-state index contributed by atoms with van der Waals surface area (Å²) in [6, 6.07) is 4.95. The molecular weight excluding hydrogens is 399 g/mol. The van der Waals surface area contributed by atoms with Crippen molar-refractivity contribution < 1.29 is 27.2 Å². The number of halogens is 3. The molecule has 1 saturated heterocycles. The maximum atomic E-state index is 13.4. The average Bonchev–Trinajstić information content (AvgIpc) is 3.16. The molecule has 9 heteroatoms. The number of amides is 1. The van der Waals surface area contributed by atoms with Crippen LogP contribution in [0.25, 0.3) is 0 Å². The molecule has 30 heavy (non-hydrogen) atoms. The second kappa shape index (κ2) is 9.07. The van der Waals surface area contributed by atoms with Gasteiger partial charge in [-0.3, -0.25) is 4.79 Å². The van der Waals surface area contributed by atoms with E-state index in [4.69, 9.17) is 9.26 Å². The lowest BCUT2D eigenvalue weighted by molar-refractivity contribution is -0.139. The fraction of sp³-hybridized carbons (Fsp3) is 0.524. The highest BCUT2D eigenvalue weighted by molar-refractivity contribution is 5.94. The van der Waals surface area contributed by atoms with E-state index >= 15 is 0 Å². The van der Waals surface area contributed by atoms with Crippen LogP contribution in [0.4, 0.5) is 13.2 Å². The van der Waals surface area contributed by atoms with E-state index in [0.29, 0.717) is 18.6 Å². The van der Waals surface area contributed by atoms with Crippen molar-refractivity contribution in [3.05, 3.63) is 46.8 Å². The van der Waals surface area contributed by atoms with Crippen LogP contribution in [-0.2, 0) is 12.7 Å². The minimum Gasteiger partial charge on any atom is -0.490 e. The first-order valence-corrected chi connectivity index (χ1v) is 9.93. The number of carbonyl (C=O) groups excluding carboxylic acids is 1. The summed E-state index contributed by atoms with van der Waals surface area (Å²) in [7, 11) is 1.96. The molecule has 2 heterocycles. The predicted molar refractivity (Wildman–Crippen MR) is 104 cm³/mol. The zero-order chi connectivity index (χ0) is 21.9. The average molecular weight is 425 g/mol. The molecule has 0 spiro atoms. The van der Waals surface area contributed by atoms with E-state index in [0.717, 1.165) is 37.0 Å². The summed E-state index contributed by atoms with van der Waals surface area (Å²) in [5, 5.41) is 6.56. The predicted octanol–water partition coefficient (Wildman–Crippen LogP) is 4.22. The van der Waals surface area contributed by atoms with Crippen LogP contribution in [0.1, 0.15) is 60.0 Å². The Morgan fingerprint density at radius 1 is 1.30 bits per heavy atom. The maximum Gasteiger partial charge on any atom is 0.419 e. The lowest BCUT2D eigenvalue weighted by Crippen LogP contribution is -2.36. The second-order valence-corrected chi connectivity index (χ2v) is 7.88. The molecule has 0 bridgehead atoms. The number of ether oxygens (including phenoxy) is 1. The number of alkyl halides is 3. The monoisotopic (exact) mass is 425 g/mol. The molecule has 164 valence electrons. The van der Waals surface area contributed by atoms with Gasteiger partial charge in [0.25, 0.3) is 5.91 Å². The Hall–Kier alpha value is -2.55. The van der Waals surface area contributed by atoms with E-state index in [1.807, 2.05) is 20.9 Å². The van der Waals surface area contributed by atoms with E-state index in [9.17, 15) is 18.0 Å². The summed E-state index contributed by atoms with van der Waals surface area (Å²) in [6.45, 7) is 5.52. The van der Waals surface area contributed by atoms with Gasteiger partial charge in [0.1, 0.15) is 11.9 Å². The van der Waals surface area contributed by atoms with Crippen LogP contribution in [0.15, 0.2) is 28.8 Å². The highest BCUT2D eigenvalue weighted by Gasteiger charge is 2.35. The van der Waals surface area contributed by atoms with Crippen molar-refractivity contribution in [1.82, 2.24) is 15.4 Å². The Bertz CT molecular complexity index is 872. The molecule has 1 aliphatic rings. The highest BCUT2D eigenvalue weighted by atomic mass is 19.4. The van der Waals surface area contributed by atoms with Gasteiger partial charge in [0, 0.05) is 24.7 Å². The van der Waals surface area contributed by atoms with Gasteiger partial charge in [-0.2, -0.15) is 13.2 Å². The Kier molecular flexibility index (Phi) is 6.70. The lowest BCUT2D eigenvalue weighted by Gasteiger charge is -2.30. The van der Waals surface area contributed by atoms with E-state index in [2.05, 4.69) is 15.4 Å². The Morgan fingerprint density at radius 3 is 2.60 bits per heavy atom. The van der Waals surface area contributed by atoms with Crippen LogP contribution in [0.2, 0.25) is 0 Å². The summed E-state index contributed by atoms with van der Waals surface area (Å²) in [6.07, 6.45) is -3.62. The van der Waals surface area contributed by atoms with Crippen molar-refractivity contribution in [3.8, 4) is 5.75 Å². The molecule has 0 saturated carbocycles. The number of piperidine rings is 1. The van der Waals surface area contributed by atoms with Crippen LogP contribution >= 0.6 is 0 Å². The molecule has 0 atom stereocenters. The van der Waals surface area contributed by atoms with Crippen molar-refractivity contribution in [1.29, 1.82) is 0 Å². The molecule has 3 rings (SSSR count). The number of hydrogen-bond donors (Lipinski definition) is 1.